The van der Waals surface area contributed by atoms with Crippen molar-refractivity contribution in [2.45, 2.75) is 34.2 Å². The highest BCUT2D eigenvalue weighted by atomic mass is 19.1. The predicted octanol–water partition coefficient (Wildman–Crippen LogP) is 3.51. The van der Waals surface area contributed by atoms with Crippen LogP contribution in [-0.2, 0) is 6.54 Å². The van der Waals surface area contributed by atoms with Crippen LogP contribution in [-0.4, -0.2) is 29.0 Å². The van der Waals surface area contributed by atoms with Crippen LogP contribution in [0.3, 0.4) is 0 Å². The lowest BCUT2D eigenvalue weighted by Gasteiger charge is -1.94. The molecule has 124 valence electrons. The molecule has 0 radical (unpaired) electrons. The second-order valence-corrected chi connectivity index (χ2v) is 3.31. The van der Waals surface area contributed by atoms with Crippen LogP contribution in [0.5, 0.6) is 0 Å². The van der Waals surface area contributed by atoms with Crippen molar-refractivity contribution in [2.75, 3.05) is 19.4 Å². The Labute approximate surface area is 133 Å². The van der Waals surface area contributed by atoms with Crippen molar-refractivity contribution >= 4 is 5.82 Å². The van der Waals surface area contributed by atoms with Crippen LogP contribution in [0.4, 0.5) is 10.2 Å². The monoisotopic (exact) mass is 309 g/mol. The zero-order chi connectivity index (χ0) is 17.2. The molecule has 0 aliphatic heterocycles. The maximum Gasteiger partial charge on any atom is 0.141 e. The maximum absolute atomic E-state index is 12.1. The van der Waals surface area contributed by atoms with Gasteiger partial charge >= 0.3 is 0 Å². The summed E-state index contributed by atoms with van der Waals surface area (Å²) in [5, 5.41) is 5.74. The largest absolute Gasteiger partial charge is 0.373 e. The van der Waals surface area contributed by atoms with Crippen LogP contribution in [0.1, 0.15) is 33.5 Å². The minimum atomic E-state index is -0.311. The van der Waals surface area contributed by atoms with Crippen LogP contribution in [0.2, 0.25) is 0 Å². The molecule has 6 heteroatoms. The number of halogens is 1. The first kappa shape index (κ1) is 22.2. The van der Waals surface area contributed by atoms with Crippen molar-refractivity contribution in [3.8, 4) is 0 Å². The first-order valence-corrected chi connectivity index (χ1v) is 7.46. The molecule has 22 heavy (non-hydrogen) atoms. The summed E-state index contributed by atoms with van der Waals surface area (Å²) >= 11 is 0. The van der Waals surface area contributed by atoms with E-state index in [4.69, 9.17) is 0 Å². The Morgan fingerprint density at radius 2 is 1.55 bits per heavy atom. The van der Waals surface area contributed by atoms with E-state index in [1.54, 1.807) is 31.6 Å². The van der Waals surface area contributed by atoms with Gasteiger partial charge in [-0.15, -0.1) is 0 Å². The second kappa shape index (κ2) is 17.0. The molecule has 2 heterocycles. The normalized spacial score (nSPS) is 8.14. The summed E-state index contributed by atoms with van der Waals surface area (Å²) in [7, 11) is 3.61. The summed E-state index contributed by atoms with van der Waals surface area (Å²) in [5.41, 5.74) is 0. The molecule has 0 spiro atoms. The highest BCUT2D eigenvalue weighted by Gasteiger charge is 1.88. The van der Waals surface area contributed by atoms with E-state index in [9.17, 15) is 4.39 Å². The molecule has 0 fully saturated rings. The van der Waals surface area contributed by atoms with E-state index in [0.29, 0.717) is 5.82 Å². The molecule has 0 unspecified atom stereocenters. The fraction of sp³-hybridized carbons (Fsp3) is 0.438. The number of aromatic nitrogens is 3. The average Bonchev–Trinajstić information content (AvgIpc) is 2.61. The lowest BCUT2D eigenvalue weighted by atomic mass is 10.4. The summed E-state index contributed by atoms with van der Waals surface area (Å²) in [6.45, 7) is 8.74. The molecule has 2 aromatic heterocycles. The molecule has 2 N–H and O–H groups in total. The molecule has 0 aliphatic rings. The van der Waals surface area contributed by atoms with E-state index in [1.807, 2.05) is 34.7 Å². The third-order valence-corrected chi connectivity index (χ3v) is 1.94. The number of nitrogens with one attached hydrogen (secondary N) is 2. The molecule has 0 saturated carbocycles. The van der Waals surface area contributed by atoms with Crippen LogP contribution in [0.25, 0.3) is 0 Å². The lowest BCUT2D eigenvalue weighted by Crippen LogP contribution is -2.07. The first-order chi connectivity index (χ1) is 10.8. The average molecular weight is 309 g/mol. The van der Waals surface area contributed by atoms with Crippen molar-refractivity contribution in [1.29, 1.82) is 0 Å². The Balaban J connectivity index is 0. The van der Waals surface area contributed by atoms with Gasteiger partial charge in [0.15, 0.2) is 0 Å². The van der Waals surface area contributed by atoms with Crippen LogP contribution < -0.4 is 10.6 Å². The minimum absolute atomic E-state index is 0.311. The van der Waals surface area contributed by atoms with Gasteiger partial charge in [0.25, 0.3) is 0 Å². The highest BCUT2D eigenvalue weighted by molar-refractivity contribution is 5.31. The van der Waals surface area contributed by atoms with Gasteiger partial charge in [-0.25, -0.2) is 19.3 Å². The molecule has 5 nitrogen and oxygen atoms in total. The summed E-state index contributed by atoms with van der Waals surface area (Å²) in [6.07, 6.45) is 4.64. The third kappa shape index (κ3) is 11.7. The molecule has 0 aliphatic carbocycles. The van der Waals surface area contributed by atoms with Gasteiger partial charge in [-0.1, -0.05) is 27.7 Å². The van der Waals surface area contributed by atoms with Gasteiger partial charge in [-0.3, -0.25) is 0 Å². The summed E-state index contributed by atoms with van der Waals surface area (Å²) in [5.74, 6) is 1.20. The van der Waals surface area contributed by atoms with Crippen molar-refractivity contribution in [2.24, 2.45) is 0 Å². The Bertz CT molecular complexity index is 434. The molecule has 0 saturated heterocycles. The zero-order valence-corrected chi connectivity index (χ0v) is 14.4. The van der Waals surface area contributed by atoms with Gasteiger partial charge < -0.3 is 10.6 Å². The Morgan fingerprint density at radius 1 is 0.955 bits per heavy atom. The predicted molar refractivity (Wildman–Crippen MR) is 91.2 cm³/mol. The number of anilines is 1. The van der Waals surface area contributed by atoms with Crippen LogP contribution in [0.15, 0.2) is 36.8 Å². The number of nitrogens with zero attached hydrogens (tertiary/aromatic N) is 3. The molecular weight excluding hydrogens is 281 g/mol. The van der Waals surface area contributed by atoms with Crippen molar-refractivity contribution < 1.29 is 4.39 Å². The highest BCUT2D eigenvalue weighted by Crippen LogP contribution is 2.00. The summed E-state index contributed by atoms with van der Waals surface area (Å²) in [6, 6.07) is 4.74. The smallest absolute Gasteiger partial charge is 0.141 e. The van der Waals surface area contributed by atoms with Gasteiger partial charge in [0.2, 0.25) is 0 Å². The van der Waals surface area contributed by atoms with E-state index < -0.39 is 0 Å². The molecule has 2 aromatic rings. The number of hydrogen-bond donors (Lipinski definition) is 2. The van der Waals surface area contributed by atoms with Crippen LogP contribution in [0, 0.1) is 5.82 Å². The lowest BCUT2D eigenvalue weighted by molar-refractivity contribution is 0.622. The second-order valence-electron chi connectivity index (χ2n) is 3.31. The van der Waals surface area contributed by atoms with Crippen molar-refractivity contribution in [1.82, 2.24) is 20.3 Å². The Kier molecular flexibility index (Phi) is 17.1. The fourth-order valence-corrected chi connectivity index (χ4v) is 1.10. The van der Waals surface area contributed by atoms with Gasteiger partial charge in [-0.05, 0) is 25.2 Å². The fourth-order valence-electron chi connectivity index (χ4n) is 1.10. The zero-order valence-electron chi connectivity index (χ0n) is 14.4. The van der Waals surface area contributed by atoms with Gasteiger partial charge in [0.1, 0.15) is 17.5 Å². The third-order valence-electron chi connectivity index (χ3n) is 1.94. The van der Waals surface area contributed by atoms with Gasteiger partial charge in [0.05, 0.1) is 12.7 Å². The van der Waals surface area contributed by atoms with E-state index in [2.05, 4.69) is 25.6 Å². The molecule has 0 bridgehead atoms. The SMILES string of the molecule is CC.CC.CNCc1ncccn1.CNc1ccc(F)cn1. The number of rotatable bonds is 3. The van der Waals surface area contributed by atoms with Crippen molar-refractivity contribution in [3.05, 3.63) is 48.4 Å². The Morgan fingerprint density at radius 3 is 1.95 bits per heavy atom. The standard InChI is InChI=1S/C6H7FN2.C6H9N3.2C2H6/c1-8-6-3-2-5(7)4-9-6;1-7-5-6-8-3-2-4-9-6;2*1-2/h2-4H,1H3,(H,8,9);2-4,7H,5H2,1H3;2*1-2H3. The number of hydrogen-bond acceptors (Lipinski definition) is 5. The van der Waals surface area contributed by atoms with E-state index in [-0.39, 0.29) is 5.82 Å². The first-order valence-electron chi connectivity index (χ1n) is 7.46. The molecular formula is C16H28FN5. The Hall–Kier alpha value is -2.08. The van der Waals surface area contributed by atoms with Crippen LogP contribution >= 0.6 is 0 Å². The molecule has 0 amide bonds. The summed E-state index contributed by atoms with van der Waals surface area (Å²) in [4.78, 5) is 11.7. The van der Waals surface area contributed by atoms with Crippen molar-refractivity contribution in [3.63, 3.8) is 0 Å². The van der Waals surface area contributed by atoms with E-state index in [0.717, 1.165) is 12.4 Å². The maximum atomic E-state index is 12.1. The minimum Gasteiger partial charge on any atom is -0.373 e. The number of pyridine rings is 1. The summed E-state index contributed by atoms with van der Waals surface area (Å²) < 4.78 is 12.1. The molecule has 0 atom stereocenters. The van der Waals surface area contributed by atoms with E-state index >= 15 is 0 Å². The van der Waals surface area contributed by atoms with E-state index in [1.165, 1.54) is 12.3 Å². The quantitative estimate of drug-likeness (QED) is 0.908. The molecule has 2 rings (SSSR count). The topological polar surface area (TPSA) is 62.7 Å². The molecule has 0 aromatic carbocycles. The van der Waals surface area contributed by atoms with Gasteiger partial charge in [0, 0.05) is 19.4 Å². The van der Waals surface area contributed by atoms with Gasteiger partial charge in [-0.2, -0.15) is 0 Å².